The molecular formula is C22H22O10. The van der Waals surface area contributed by atoms with Crippen molar-refractivity contribution in [2.45, 2.75) is 37.6 Å². The summed E-state index contributed by atoms with van der Waals surface area (Å²) in [7, 11) is 1.29. The fourth-order valence-electron chi connectivity index (χ4n) is 3.56. The second-order valence-electron chi connectivity index (χ2n) is 7.46. The van der Waals surface area contributed by atoms with Gasteiger partial charge in [-0.2, -0.15) is 0 Å². The Labute approximate surface area is 181 Å². The Morgan fingerprint density at radius 3 is 2.31 bits per heavy atom. The molecule has 5 N–H and O–H groups in total. The maximum atomic E-state index is 13.0. The number of methoxy groups -OCH3 is 1. The molecule has 1 saturated heterocycles. The summed E-state index contributed by atoms with van der Waals surface area (Å²) in [4.78, 5) is 13.0. The highest BCUT2D eigenvalue weighted by molar-refractivity contribution is 5.88. The largest absolute Gasteiger partial charge is 0.508 e. The molecule has 0 aliphatic carbocycles. The monoisotopic (exact) mass is 446 g/mol. The van der Waals surface area contributed by atoms with Crippen molar-refractivity contribution in [2.75, 3.05) is 7.11 Å². The van der Waals surface area contributed by atoms with E-state index in [1.54, 1.807) is 0 Å². The molecule has 0 saturated carbocycles. The quantitative estimate of drug-likeness (QED) is 0.393. The zero-order chi connectivity index (χ0) is 23.2. The van der Waals surface area contributed by atoms with E-state index in [9.17, 15) is 30.3 Å². The van der Waals surface area contributed by atoms with Crippen molar-refractivity contribution < 1.29 is 44.2 Å². The van der Waals surface area contributed by atoms with E-state index in [2.05, 4.69) is 0 Å². The molecule has 2 unspecified atom stereocenters. The van der Waals surface area contributed by atoms with E-state index in [0.29, 0.717) is 5.56 Å². The number of phenols is 2. The SMILES string of the molecule is COc1c(-c2ccc(O)cc2)oc2cc(O[C@@H]3OC(C)[C@H](O)[C@H](O)C3O)cc(O)c2c1=O. The van der Waals surface area contributed by atoms with Crippen LogP contribution in [0.4, 0.5) is 0 Å². The van der Waals surface area contributed by atoms with Crippen molar-refractivity contribution in [2.24, 2.45) is 0 Å². The Kier molecular flexibility index (Phi) is 5.70. The molecule has 10 nitrogen and oxygen atoms in total. The summed E-state index contributed by atoms with van der Waals surface area (Å²) in [5.41, 5.74) is -0.212. The van der Waals surface area contributed by atoms with Crippen molar-refractivity contribution in [3.63, 3.8) is 0 Å². The van der Waals surface area contributed by atoms with Crippen LogP contribution >= 0.6 is 0 Å². The highest BCUT2D eigenvalue weighted by Crippen LogP contribution is 2.37. The minimum atomic E-state index is -1.56. The zero-order valence-corrected chi connectivity index (χ0v) is 17.1. The summed E-state index contributed by atoms with van der Waals surface area (Å²) in [5.74, 6) is -0.510. The highest BCUT2D eigenvalue weighted by atomic mass is 16.7. The standard InChI is InChI=1S/C22H22O10/c1-9-16(25)18(27)19(28)22(30-9)31-12-7-13(24)15-14(8-12)32-20(21(29-2)17(15)26)10-3-5-11(23)6-4-10/h3-9,16,18-19,22-25,27-28H,1-2H3/t9?,16-,18-,19?,22-/m0/s1. The van der Waals surface area contributed by atoms with Crippen LogP contribution in [-0.2, 0) is 4.74 Å². The molecule has 0 radical (unpaired) electrons. The second kappa shape index (κ2) is 8.32. The Balaban J connectivity index is 1.79. The van der Waals surface area contributed by atoms with Crippen LogP contribution in [-0.4, -0.2) is 63.3 Å². The first kappa shape index (κ1) is 21.9. The molecule has 1 fully saturated rings. The van der Waals surface area contributed by atoms with E-state index in [4.69, 9.17) is 18.6 Å². The van der Waals surface area contributed by atoms with Gasteiger partial charge in [0.05, 0.1) is 13.2 Å². The van der Waals surface area contributed by atoms with Gasteiger partial charge in [0.15, 0.2) is 5.76 Å². The van der Waals surface area contributed by atoms with Gasteiger partial charge in [-0.15, -0.1) is 0 Å². The second-order valence-corrected chi connectivity index (χ2v) is 7.46. The molecule has 32 heavy (non-hydrogen) atoms. The van der Waals surface area contributed by atoms with Gasteiger partial charge in [0.25, 0.3) is 0 Å². The number of hydrogen-bond donors (Lipinski definition) is 5. The summed E-state index contributed by atoms with van der Waals surface area (Å²) in [6, 6.07) is 8.34. The number of aliphatic hydroxyl groups excluding tert-OH is 3. The predicted molar refractivity (Wildman–Crippen MR) is 111 cm³/mol. The van der Waals surface area contributed by atoms with Crippen LogP contribution < -0.4 is 14.9 Å². The maximum Gasteiger partial charge on any atom is 0.239 e. The number of aromatic hydroxyl groups is 2. The van der Waals surface area contributed by atoms with Gasteiger partial charge in [0, 0.05) is 17.7 Å². The summed E-state index contributed by atoms with van der Waals surface area (Å²) in [6.07, 6.45) is -6.53. The first-order valence-corrected chi connectivity index (χ1v) is 9.74. The minimum Gasteiger partial charge on any atom is -0.508 e. The third-order valence-corrected chi connectivity index (χ3v) is 5.30. The first-order chi connectivity index (χ1) is 15.2. The Morgan fingerprint density at radius 1 is 0.969 bits per heavy atom. The topological polar surface area (TPSA) is 159 Å². The number of benzene rings is 2. The van der Waals surface area contributed by atoms with Crippen molar-refractivity contribution in [1.82, 2.24) is 0 Å². The van der Waals surface area contributed by atoms with Crippen molar-refractivity contribution in [3.8, 4) is 34.3 Å². The summed E-state index contributed by atoms with van der Waals surface area (Å²) in [5, 5.41) is 49.8. The van der Waals surface area contributed by atoms with Crippen LogP contribution in [0.3, 0.4) is 0 Å². The van der Waals surface area contributed by atoms with E-state index in [1.807, 2.05) is 0 Å². The van der Waals surface area contributed by atoms with Gasteiger partial charge in [-0.1, -0.05) is 0 Å². The number of phenolic OH excluding ortho intramolecular Hbond substituents is 2. The molecule has 4 rings (SSSR count). The van der Waals surface area contributed by atoms with Crippen molar-refractivity contribution in [3.05, 3.63) is 46.6 Å². The van der Waals surface area contributed by atoms with Crippen molar-refractivity contribution in [1.29, 1.82) is 0 Å². The lowest BCUT2D eigenvalue weighted by Crippen LogP contribution is -2.58. The van der Waals surface area contributed by atoms with Crippen LogP contribution in [0.5, 0.6) is 23.0 Å². The number of fused-ring (bicyclic) bond motifs is 1. The highest BCUT2D eigenvalue weighted by Gasteiger charge is 2.43. The fourth-order valence-corrected chi connectivity index (χ4v) is 3.56. The molecule has 1 aromatic heterocycles. The minimum absolute atomic E-state index is 0.0141. The van der Waals surface area contributed by atoms with Crippen LogP contribution in [0.1, 0.15) is 6.92 Å². The Hall–Kier alpha value is -3.31. The summed E-state index contributed by atoms with van der Waals surface area (Å²) >= 11 is 0. The molecule has 10 heteroatoms. The molecule has 2 heterocycles. The third-order valence-electron chi connectivity index (χ3n) is 5.30. The molecular weight excluding hydrogens is 424 g/mol. The lowest BCUT2D eigenvalue weighted by atomic mass is 10.00. The van der Waals surface area contributed by atoms with E-state index in [1.165, 1.54) is 44.4 Å². The van der Waals surface area contributed by atoms with Crippen LogP contribution in [0.2, 0.25) is 0 Å². The van der Waals surface area contributed by atoms with Gasteiger partial charge in [-0.25, -0.2) is 0 Å². The van der Waals surface area contributed by atoms with E-state index >= 15 is 0 Å². The van der Waals surface area contributed by atoms with Gasteiger partial charge in [0.2, 0.25) is 17.5 Å². The Bertz CT molecular complexity index is 1190. The van der Waals surface area contributed by atoms with Gasteiger partial charge in [-0.3, -0.25) is 4.79 Å². The predicted octanol–water partition coefficient (Wildman–Crippen LogP) is 1.09. The zero-order valence-electron chi connectivity index (χ0n) is 17.1. The van der Waals surface area contributed by atoms with Gasteiger partial charge in [0.1, 0.15) is 46.5 Å². The summed E-state index contributed by atoms with van der Waals surface area (Å²) in [6.45, 7) is 1.50. The molecule has 0 amide bonds. The maximum absolute atomic E-state index is 13.0. The lowest BCUT2D eigenvalue weighted by molar-refractivity contribution is -0.268. The number of ether oxygens (including phenoxy) is 3. The molecule has 0 bridgehead atoms. The molecule has 1 aliphatic heterocycles. The number of hydrogen-bond acceptors (Lipinski definition) is 10. The first-order valence-electron chi connectivity index (χ1n) is 9.74. The average Bonchev–Trinajstić information content (AvgIpc) is 2.76. The third kappa shape index (κ3) is 3.73. The molecule has 1 aliphatic rings. The molecule has 2 aromatic carbocycles. The number of aliphatic hydroxyl groups is 3. The van der Waals surface area contributed by atoms with Crippen LogP contribution in [0.15, 0.2) is 45.6 Å². The van der Waals surface area contributed by atoms with Gasteiger partial charge in [-0.05, 0) is 31.2 Å². The normalized spacial score (nSPS) is 25.6. The van der Waals surface area contributed by atoms with E-state index in [-0.39, 0.29) is 34.0 Å². The number of rotatable bonds is 4. The average molecular weight is 446 g/mol. The van der Waals surface area contributed by atoms with E-state index in [0.717, 1.165) is 6.07 Å². The molecule has 5 atom stereocenters. The van der Waals surface area contributed by atoms with E-state index < -0.39 is 41.9 Å². The van der Waals surface area contributed by atoms with Gasteiger partial charge >= 0.3 is 0 Å². The fraction of sp³-hybridized carbons (Fsp3) is 0.318. The van der Waals surface area contributed by atoms with Gasteiger partial charge < -0.3 is 44.2 Å². The van der Waals surface area contributed by atoms with Crippen LogP contribution in [0.25, 0.3) is 22.3 Å². The van der Waals surface area contributed by atoms with Crippen molar-refractivity contribution >= 4 is 11.0 Å². The Morgan fingerprint density at radius 2 is 1.66 bits per heavy atom. The lowest BCUT2D eigenvalue weighted by Gasteiger charge is -2.38. The molecule has 0 spiro atoms. The molecule has 170 valence electrons. The smallest absolute Gasteiger partial charge is 0.239 e. The van der Waals surface area contributed by atoms with Crippen LogP contribution in [0, 0.1) is 0 Å². The summed E-state index contributed by atoms with van der Waals surface area (Å²) < 4.78 is 22.0. The molecule has 3 aromatic rings.